The van der Waals surface area contributed by atoms with Crippen molar-refractivity contribution in [2.24, 2.45) is 23.3 Å². The normalized spacial score (nSPS) is 18.7. The smallest absolute Gasteiger partial charge is 0.251 e. The highest BCUT2D eigenvalue weighted by Gasteiger charge is 2.35. The van der Waals surface area contributed by atoms with Crippen molar-refractivity contribution in [2.45, 2.75) is 38.1 Å². The molecule has 2 amide bonds. The number of halogens is 2. The van der Waals surface area contributed by atoms with Crippen molar-refractivity contribution in [1.29, 1.82) is 0 Å². The van der Waals surface area contributed by atoms with Crippen LogP contribution in [0.3, 0.4) is 0 Å². The number of anilines is 2. The van der Waals surface area contributed by atoms with Crippen LogP contribution in [0.1, 0.15) is 31.2 Å². The summed E-state index contributed by atoms with van der Waals surface area (Å²) in [7, 11) is 0. The van der Waals surface area contributed by atoms with E-state index in [9.17, 15) is 9.59 Å². The molecule has 2 fully saturated rings. The number of hydrogen-bond acceptors (Lipinski definition) is 10. The molecule has 12 nitrogen and oxygen atoms in total. The molecular formula is C33H39ClFN9O3. The summed E-state index contributed by atoms with van der Waals surface area (Å²) in [4.78, 5) is 35.2. The third kappa shape index (κ3) is 7.65. The molecule has 3 heterocycles. The average molecular weight is 664 g/mol. The second-order valence-corrected chi connectivity index (χ2v) is 11.9. The number of H-pyrrole nitrogens is 1. The highest BCUT2D eigenvalue weighted by atomic mass is 35.5. The van der Waals surface area contributed by atoms with E-state index in [2.05, 4.69) is 25.6 Å². The highest BCUT2D eigenvalue weighted by Crippen LogP contribution is 2.32. The van der Waals surface area contributed by atoms with Gasteiger partial charge in [0, 0.05) is 36.3 Å². The molecule has 1 atom stereocenters. The Morgan fingerprint density at radius 3 is 2.32 bits per heavy atom. The number of benzene rings is 2. The van der Waals surface area contributed by atoms with Crippen LogP contribution >= 0.6 is 12.4 Å². The number of tetrazole rings is 1. The quantitative estimate of drug-likeness (QED) is 0.241. The first-order chi connectivity index (χ1) is 22.4. The summed E-state index contributed by atoms with van der Waals surface area (Å²) in [5.41, 5.74) is 15.4. The van der Waals surface area contributed by atoms with E-state index in [0.29, 0.717) is 85.6 Å². The summed E-state index contributed by atoms with van der Waals surface area (Å²) in [6.45, 7) is 2.81. The van der Waals surface area contributed by atoms with Crippen LogP contribution < -0.4 is 21.3 Å². The van der Waals surface area contributed by atoms with Gasteiger partial charge in [-0.05, 0) is 91.2 Å². The molecule has 248 valence electrons. The zero-order chi connectivity index (χ0) is 32.0. The fourth-order valence-corrected chi connectivity index (χ4v) is 6.21. The summed E-state index contributed by atoms with van der Waals surface area (Å²) in [6, 6.07) is 14.8. The Bertz CT molecular complexity index is 1630. The van der Waals surface area contributed by atoms with Crippen molar-refractivity contribution >= 4 is 35.7 Å². The summed E-state index contributed by atoms with van der Waals surface area (Å²) in [5, 5.41) is 14.0. The van der Waals surface area contributed by atoms with Crippen molar-refractivity contribution in [1.82, 2.24) is 25.6 Å². The maximum atomic E-state index is 15.5. The van der Waals surface area contributed by atoms with E-state index in [1.54, 1.807) is 36.5 Å². The van der Waals surface area contributed by atoms with Gasteiger partial charge in [0.1, 0.15) is 0 Å². The molecule has 0 unspecified atom stereocenters. The number of hydrogen-bond donors (Lipinski definition) is 3. The lowest BCUT2D eigenvalue weighted by Crippen LogP contribution is -2.50. The number of nitrogens with two attached hydrogens (primary N) is 2. The fourth-order valence-electron chi connectivity index (χ4n) is 6.21. The maximum Gasteiger partial charge on any atom is 0.251 e. The molecule has 14 heteroatoms. The number of carbonyl (C=O) groups excluding carboxylic acids is 2. The molecule has 6 rings (SSSR count). The lowest BCUT2D eigenvalue weighted by atomic mass is 9.81. The van der Waals surface area contributed by atoms with E-state index in [4.69, 9.17) is 16.2 Å². The molecule has 1 aliphatic heterocycles. The van der Waals surface area contributed by atoms with Crippen molar-refractivity contribution in [3.05, 3.63) is 72.2 Å². The van der Waals surface area contributed by atoms with E-state index < -0.39 is 11.9 Å². The fraction of sp³-hybridized carbons (Fsp3) is 0.394. The Morgan fingerprint density at radius 1 is 1.00 bits per heavy atom. The van der Waals surface area contributed by atoms with Gasteiger partial charge in [-0.25, -0.2) is 14.3 Å². The van der Waals surface area contributed by atoms with Crippen molar-refractivity contribution in [3.8, 4) is 22.5 Å². The lowest BCUT2D eigenvalue weighted by Gasteiger charge is -2.32. The number of amides is 2. The topological polar surface area (TPSA) is 169 Å². The van der Waals surface area contributed by atoms with E-state index in [1.807, 2.05) is 29.2 Å². The van der Waals surface area contributed by atoms with Crippen LogP contribution in [0.4, 0.5) is 15.9 Å². The average Bonchev–Trinajstić information content (AvgIpc) is 3.65. The maximum absolute atomic E-state index is 15.5. The number of morpholine rings is 1. The van der Waals surface area contributed by atoms with Crippen LogP contribution in [-0.2, 0) is 20.7 Å². The van der Waals surface area contributed by atoms with Gasteiger partial charge in [-0.1, -0.05) is 24.3 Å². The Balaban J connectivity index is 0.00000433. The van der Waals surface area contributed by atoms with Gasteiger partial charge in [0.15, 0.2) is 11.6 Å². The molecular weight excluding hydrogens is 625 g/mol. The largest absolute Gasteiger partial charge is 0.378 e. The molecule has 0 radical (unpaired) electrons. The van der Waals surface area contributed by atoms with Gasteiger partial charge < -0.3 is 21.1 Å². The molecule has 2 aliphatic rings. The van der Waals surface area contributed by atoms with Crippen LogP contribution in [0.5, 0.6) is 0 Å². The van der Waals surface area contributed by atoms with E-state index >= 15 is 4.39 Å². The minimum Gasteiger partial charge on any atom is -0.378 e. The Hall–Kier alpha value is -4.30. The Morgan fingerprint density at radius 2 is 1.68 bits per heavy atom. The Kier molecular flexibility index (Phi) is 11.2. The van der Waals surface area contributed by atoms with E-state index in [1.165, 1.54) is 4.90 Å². The third-order valence-electron chi connectivity index (χ3n) is 8.92. The van der Waals surface area contributed by atoms with Crippen LogP contribution in [0.2, 0.25) is 0 Å². The molecule has 1 saturated carbocycles. The number of rotatable bonds is 9. The molecule has 47 heavy (non-hydrogen) atoms. The number of aromatic amines is 1. The van der Waals surface area contributed by atoms with Crippen molar-refractivity contribution in [2.75, 3.05) is 42.6 Å². The van der Waals surface area contributed by atoms with Crippen LogP contribution in [-0.4, -0.2) is 76.3 Å². The summed E-state index contributed by atoms with van der Waals surface area (Å²) < 4.78 is 20.9. The highest BCUT2D eigenvalue weighted by molar-refractivity contribution is 6.17. The van der Waals surface area contributed by atoms with Crippen LogP contribution in [0.25, 0.3) is 22.5 Å². The number of ether oxygens (including phenoxy) is 1. The SMILES string of the molecule is Cl.NC[C@H]1CC[C@H](C(=O)N(C(=O)[C@@H](N)Cc2ccc(-c3ccnc(N4CCOCC4)c3F)cc2)c2ccc(-c3nn[nH]n3)cc2)CC1. The molecule has 1 saturated heterocycles. The van der Waals surface area contributed by atoms with Crippen molar-refractivity contribution in [3.63, 3.8) is 0 Å². The second kappa shape index (κ2) is 15.5. The summed E-state index contributed by atoms with van der Waals surface area (Å²) >= 11 is 0. The van der Waals surface area contributed by atoms with Gasteiger partial charge in [-0.3, -0.25) is 9.59 Å². The van der Waals surface area contributed by atoms with Crippen LogP contribution in [0.15, 0.2) is 60.8 Å². The number of aromatic nitrogens is 5. The van der Waals surface area contributed by atoms with Gasteiger partial charge in [0.25, 0.3) is 5.91 Å². The molecule has 2 aromatic heterocycles. The lowest BCUT2D eigenvalue weighted by molar-refractivity contribution is -0.130. The molecule has 5 N–H and O–H groups in total. The first kappa shape index (κ1) is 34.0. The Labute approximate surface area is 278 Å². The first-order valence-corrected chi connectivity index (χ1v) is 15.7. The van der Waals surface area contributed by atoms with Gasteiger partial charge >= 0.3 is 0 Å². The number of imide groups is 1. The van der Waals surface area contributed by atoms with Gasteiger partial charge in [-0.15, -0.1) is 22.6 Å². The minimum atomic E-state index is -0.988. The monoisotopic (exact) mass is 663 g/mol. The zero-order valence-corrected chi connectivity index (χ0v) is 26.7. The predicted molar refractivity (Wildman–Crippen MR) is 178 cm³/mol. The molecule has 4 aromatic rings. The number of pyridine rings is 1. The summed E-state index contributed by atoms with van der Waals surface area (Å²) in [6.07, 6.45) is 4.82. The first-order valence-electron chi connectivity index (χ1n) is 15.7. The molecule has 0 bridgehead atoms. The number of nitrogens with zero attached hydrogens (tertiary/aromatic N) is 6. The zero-order valence-electron chi connectivity index (χ0n) is 25.9. The van der Waals surface area contributed by atoms with E-state index in [0.717, 1.165) is 18.4 Å². The molecule has 2 aromatic carbocycles. The number of nitrogens with one attached hydrogen (secondary N) is 1. The molecule has 1 aliphatic carbocycles. The van der Waals surface area contributed by atoms with Gasteiger partial charge in [-0.2, -0.15) is 5.21 Å². The van der Waals surface area contributed by atoms with Gasteiger partial charge in [0.05, 0.1) is 24.9 Å². The molecule has 0 spiro atoms. The third-order valence-corrected chi connectivity index (χ3v) is 8.92. The second-order valence-electron chi connectivity index (χ2n) is 11.9. The number of carbonyl (C=O) groups is 2. The van der Waals surface area contributed by atoms with Crippen LogP contribution in [0, 0.1) is 17.7 Å². The van der Waals surface area contributed by atoms with E-state index in [-0.39, 0.29) is 36.5 Å². The summed E-state index contributed by atoms with van der Waals surface area (Å²) in [5.74, 6) is -0.333. The predicted octanol–water partition coefficient (Wildman–Crippen LogP) is 3.52. The minimum absolute atomic E-state index is 0. The van der Waals surface area contributed by atoms with Gasteiger partial charge in [0.2, 0.25) is 11.7 Å². The van der Waals surface area contributed by atoms with Crippen molar-refractivity contribution < 1.29 is 18.7 Å². The standard InChI is InChI=1S/C33H38FN9O3.ClH/c34-29-27(13-14-37-31(29)42-15-17-46-18-16-42)23-5-1-21(2-6-23)19-28(36)33(45)43(32(44)25-7-3-22(20-35)4-8-25)26-11-9-24(10-12-26)30-38-40-41-39-30;/h1-2,5-6,9-14,22,25,28H,3-4,7-8,15-20,35-36H2,(H,38,39,40,41);1H/t22-,25-,28-;/m0./s1.